The number of ether oxygens (including phenoxy) is 2. The van der Waals surface area contributed by atoms with E-state index in [1.807, 2.05) is 25.1 Å². The Morgan fingerprint density at radius 1 is 1.07 bits per heavy atom. The summed E-state index contributed by atoms with van der Waals surface area (Å²) in [6, 6.07) is 5.91. The minimum Gasteiger partial charge on any atom is -0.490 e. The Morgan fingerprint density at radius 3 is 2.78 bits per heavy atom. The van der Waals surface area contributed by atoms with E-state index in [-0.39, 0.29) is 0 Å². The van der Waals surface area contributed by atoms with Gasteiger partial charge in [0.25, 0.3) is 5.89 Å². The summed E-state index contributed by atoms with van der Waals surface area (Å²) in [5.41, 5.74) is 1.83. The van der Waals surface area contributed by atoms with Crippen molar-refractivity contribution in [1.82, 2.24) is 15.1 Å². The maximum atomic E-state index is 5.86. The summed E-state index contributed by atoms with van der Waals surface area (Å²) < 4.78 is 22.7. The molecule has 1 aliphatic heterocycles. The van der Waals surface area contributed by atoms with Crippen molar-refractivity contribution in [2.45, 2.75) is 39.0 Å². The average molecular weight is 367 g/mol. The third-order valence-electron chi connectivity index (χ3n) is 4.84. The third kappa shape index (κ3) is 3.54. The second-order valence-electron chi connectivity index (χ2n) is 7.19. The van der Waals surface area contributed by atoms with Gasteiger partial charge in [-0.2, -0.15) is 4.98 Å². The number of fused-ring (bicyclic) bond motifs is 1. The summed E-state index contributed by atoms with van der Waals surface area (Å²) >= 11 is 0. The summed E-state index contributed by atoms with van der Waals surface area (Å²) in [7, 11) is 0. The first kappa shape index (κ1) is 16.4. The molecule has 0 spiro atoms. The normalized spacial score (nSPS) is 16.3. The van der Waals surface area contributed by atoms with E-state index in [0.717, 1.165) is 41.5 Å². The van der Waals surface area contributed by atoms with Gasteiger partial charge in [0.2, 0.25) is 5.76 Å². The predicted octanol–water partition coefficient (Wildman–Crippen LogP) is 3.74. The van der Waals surface area contributed by atoms with E-state index in [9.17, 15) is 0 Å². The molecule has 2 aromatic heterocycles. The van der Waals surface area contributed by atoms with Gasteiger partial charge < -0.3 is 18.4 Å². The molecule has 7 nitrogen and oxygen atoms in total. The molecule has 2 aliphatic rings. The number of aryl methyl sites for hydroxylation is 1. The number of hydrogen-bond acceptors (Lipinski definition) is 7. The highest BCUT2D eigenvalue weighted by molar-refractivity contribution is 5.48. The first-order valence-corrected chi connectivity index (χ1v) is 9.42. The maximum absolute atomic E-state index is 5.86. The maximum Gasteiger partial charge on any atom is 0.295 e. The molecule has 140 valence electrons. The van der Waals surface area contributed by atoms with E-state index < -0.39 is 0 Å². The molecule has 0 bridgehead atoms. The zero-order valence-electron chi connectivity index (χ0n) is 15.2. The van der Waals surface area contributed by atoms with Crippen LogP contribution in [0.1, 0.15) is 42.2 Å². The SMILES string of the molecule is Cc1nc(CC2CC2)oc1-c1nc(Cc2ccc3c(c2)OCCCO3)no1. The molecule has 1 aliphatic carbocycles. The minimum absolute atomic E-state index is 0.381. The molecule has 3 heterocycles. The first-order valence-electron chi connectivity index (χ1n) is 9.42. The van der Waals surface area contributed by atoms with Crippen LogP contribution >= 0.6 is 0 Å². The van der Waals surface area contributed by atoms with Crippen LogP contribution in [-0.4, -0.2) is 28.3 Å². The lowest BCUT2D eigenvalue weighted by Gasteiger charge is -2.08. The van der Waals surface area contributed by atoms with Crippen molar-refractivity contribution < 1.29 is 18.4 Å². The molecule has 0 radical (unpaired) electrons. The molecule has 27 heavy (non-hydrogen) atoms. The molecule has 0 saturated heterocycles. The fourth-order valence-electron chi connectivity index (χ4n) is 3.23. The van der Waals surface area contributed by atoms with Gasteiger partial charge in [0.05, 0.1) is 18.9 Å². The first-order chi connectivity index (χ1) is 13.2. The van der Waals surface area contributed by atoms with Crippen molar-refractivity contribution in [2.24, 2.45) is 5.92 Å². The molecule has 1 saturated carbocycles. The van der Waals surface area contributed by atoms with Gasteiger partial charge in [0.15, 0.2) is 23.2 Å². The van der Waals surface area contributed by atoms with Crippen LogP contribution in [0, 0.1) is 12.8 Å². The lowest BCUT2D eigenvalue weighted by molar-refractivity contribution is 0.297. The Bertz CT molecular complexity index is 958. The van der Waals surface area contributed by atoms with Gasteiger partial charge >= 0.3 is 0 Å². The van der Waals surface area contributed by atoms with Crippen molar-refractivity contribution in [2.75, 3.05) is 13.2 Å². The van der Waals surface area contributed by atoms with Crippen LogP contribution in [0.15, 0.2) is 27.1 Å². The minimum atomic E-state index is 0.381. The van der Waals surface area contributed by atoms with Crippen LogP contribution in [-0.2, 0) is 12.8 Å². The van der Waals surface area contributed by atoms with Crippen molar-refractivity contribution >= 4 is 0 Å². The van der Waals surface area contributed by atoms with Gasteiger partial charge in [0, 0.05) is 19.3 Å². The van der Waals surface area contributed by atoms with Crippen LogP contribution < -0.4 is 9.47 Å². The molecule has 7 heteroatoms. The van der Waals surface area contributed by atoms with Crippen molar-refractivity contribution in [3.05, 3.63) is 41.2 Å². The van der Waals surface area contributed by atoms with E-state index >= 15 is 0 Å². The number of hydrogen-bond donors (Lipinski definition) is 0. The fraction of sp³-hybridized carbons (Fsp3) is 0.450. The molecule has 5 rings (SSSR count). The molecular formula is C20H21N3O4. The van der Waals surface area contributed by atoms with E-state index in [1.165, 1.54) is 12.8 Å². The van der Waals surface area contributed by atoms with Gasteiger partial charge in [-0.3, -0.25) is 0 Å². The molecule has 3 aromatic rings. The van der Waals surface area contributed by atoms with Crippen LogP contribution in [0.25, 0.3) is 11.7 Å². The Kier molecular flexibility index (Phi) is 4.07. The van der Waals surface area contributed by atoms with Crippen molar-refractivity contribution in [1.29, 1.82) is 0 Å². The molecular weight excluding hydrogens is 346 g/mol. The monoisotopic (exact) mass is 367 g/mol. The zero-order chi connectivity index (χ0) is 18.2. The van der Waals surface area contributed by atoms with Gasteiger partial charge in [0.1, 0.15) is 0 Å². The lowest BCUT2D eigenvalue weighted by atomic mass is 10.1. The highest BCUT2D eigenvalue weighted by Crippen LogP contribution is 2.34. The van der Waals surface area contributed by atoms with Crippen LogP contribution in [0.3, 0.4) is 0 Å². The summed E-state index contributed by atoms with van der Waals surface area (Å²) in [6.45, 7) is 3.25. The van der Waals surface area contributed by atoms with E-state index in [2.05, 4.69) is 15.1 Å². The number of benzene rings is 1. The third-order valence-corrected chi connectivity index (χ3v) is 4.84. The molecule has 0 atom stereocenters. The van der Waals surface area contributed by atoms with Gasteiger partial charge in [-0.25, -0.2) is 4.98 Å². The number of oxazole rings is 1. The van der Waals surface area contributed by atoms with Crippen LogP contribution in [0.5, 0.6) is 11.5 Å². The number of rotatable bonds is 5. The topological polar surface area (TPSA) is 83.4 Å². The van der Waals surface area contributed by atoms with E-state index in [0.29, 0.717) is 43.0 Å². The molecule has 1 aromatic carbocycles. The molecule has 0 N–H and O–H groups in total. The second-order valence-corrected chi connectivity index (χ2v) is 7.19. The van der Waals surface area contributed by atoms with Gasteiger partial charge in [-0.15, -0.1) is 0 Å². The Morgan fingerprint density at radius 2 is 1.93 bits per heavy atom. The predicted molar refractivity (Wildman–Crippen MR) is 95.8 cm³/mol. The van der Waals surface area contributed by atoms with Crippen molar-refractivity contribution in [3.63, 3.8) is 0 Å². The zero-order valence-corrected chi connectivity index (χ0v) is 15.2. The summed E-state index contributed by atoms with van der Waals surface area (Å²) in [4.78, 5) is 8.98. The highest BCUT2D eigenvalue weighted by atomic mass is 16.5. The summed E-state index contributed by atoms with van der Waals surface area (Å²) in [5, 5.41) is 4.10. The fourth-order valence-corrected chi connectivity index (χ4v) is 3.23. The Hall–Kier alpha value is -2.83. The smallest absolute Gasteiger partial charge is 0.295 e. The number of aromatic nitrogens is 3. The second kappa shape index (κ2) is 6.72. The summed E-state index contributed by atoms with van der Waals surface area (Å²) in [5.74, 6) is 4.57. The van der Waals surface area contributed by atoms with Crippen LogP contribution in [0.2, 0.25) is 0 Å². The van der Waals surface area contributed by atoms with E-state index in [1.54, 1.807) is 0 Å². The summed E-state index contributed by atoms with van der Waals surface area (Å²) in [6.07, 6.45) is 4.84. The van der Waals surface area contributed by atoms with Gasteiger partial charge in [-0.1, -0.05) is 11.2 Å². The van der Waals surface area contributed by atoms with E-state index in [4.69, 9.17) is 18.4 Å². The van der Waals surface area contributed by atoms with Crippen LogP contribution in [0.4, 0.5) is 0 Å². The highest BCUT2D eigenvalue weighted by Gasteiger charge is 2.26. The quantitative estimate of drug-likeness (QED) is 0.679. The molecule has 0 unspecified atom stereocenters. The number of nitrogens with zero attached hydrogens (tertiary/aromatic N) is 3. The standard InChI is InChI=1S/C20H21N3O4/c1-12-19(26-18(21-12)11-13-3-4-13)20-22-17(23-27-20)10-14-5-6-15-16(9-14)25-8-2-7-24-15/h5-6,9,13H,2-4,7-8,10-11H2,1H3. The molecule has 0 amide bonds. The average Bonchev–Trinajstić information content (AvgIpc) is 3.30. The Balaban J connectivity index is 1.33. The Labute approximate surface area is 156 Å². The molecule has 1 fully saturated rings. The van der Waals surface area contributed by atoms with Gasteiger partial charge in [-0.05, 0) is 43.4 Å². The largest absolute Gasteiger partial charge is 0.490 e. The lowest BCUT2D eigenvalue weighted by Crippen LogP contribution is -1.97. The van der Waals surface area contributed by atoms with Crippen molar-refractivity contribution in [3.8, 4) is 23.1 Å².